The summed E-state index contributed by atoms with van der Waals surface area (Å²) in [5.41, 5.74) is 1.31. The number of carbonyl (C=O) groups is 3. The van der Waals surface area contributed by atoms with Gasteiger partial charge in [0.25, 0.3) is 5.91 Å². The highest BCUT2D eigenvalue weighted by molar-refractivity contribution is 5.99. The molecule has 2 aliphatic heterocycles. The minimum atomic E-state index is -1.06. The molecule has 250 valence electrons. The van der Waals surface area contributed by atoms with Crippen molar-refractivity contribution < 1.29 is 19.1 Å². The van der Waals surface area contributed by atoms with E-state index >= 15 is 0 Å². The van der Waals surface area contributed by atoms with Crippen molar-refractivity contribution in [3.05, 3.63) is 65.5 Å². The summed E-state index contributed by atoms with van der Waals surface area (Å²) in [6.45, 7) is 7.77. The molecule has 5 rings (SSSR count). The number of likely N-dealkylation sites (tertiary alicyclic amines) is 1. The van der Waals surface area contributed by atoms with E-state index in [-0.39, 0.29) is 17.7 Å². The molecule has 9 nitrogen and oxygen atoms in total. The van der Waals surface area contributed by atoms with Crippen LogP contribution in [-0.2, 0) is 27.2 Å². The van der Waals surface area contributed by atoms with E-state index in [4.69, 9.17) is 4.74 Å². The molecule has 3 amide bonds. The monoisotopic (exact) mass is 631 g/mol. The summed E-state index contributed by atoms with van der Waals surface area (Å²) in [6, 6.07) is 12.7. The third kappa shape index (κ3) is 9.61. The van der Waals surface area contributed by atoms with Crippen molar-refractivity contribution in [2.24, 2.45) is 11.8 Å². The first-order valence-corrected chi connectivity index (χ1v) is 17.6. The maximum atomic E-state index is 14.0. The van der Waals surface area contributed by atoms with Crippen molar-refractivity contribution in [3.8, 4) is 0 Å². The van der Waals surface area contributed by atoms with Crippen molar-refractivity contribution >= 4 is 17.7 Å². The fourth-order valence-corrected chi connectivity index (χ4v) is 7.15. The van der Waals surface area contributed by atoms with E-state index in [0.717, 1.165) is 108 Å². The molecule has 1 saturated carbocycles. The minimum Gasteiger partial charge on any atom is -0.381 e. The Morgan fingerprint density at radius 3 is 2.37 bits per heavy atom. The number of benzene rings is 1. The van der Waals surface area contributed by atoms with Crippen molar-refractivity contribution in [2.45, 2.75) is 95.6 Å². The van der Waals surface area contributed by atoms with E-state index in [2.05, 4.69) is 32.8 Å². The molecule has 1 aromatic carbocycles. The van der Waals surface area contributed by atoms with Gasteiger partial charge < -0.3 is 25.6 Å². The molecular formula is C37H53N5O4. The number of unbranched alkanes of at least 4 members (excludes halogenated alkanes) is 1. The first kappa shape index (κ1) is 34.0. The van der Waals surface area contributed by atoms with Gasteiger partial charge in [-0.05, 0) is 93.5 Å². The number of carbonyl (C=O) groups excluding carboxylic acids is 3. The summed E-state index contributed by atoms with van der Waals surface area (Å²) in [4.78, 5) is 47.9. The Kier molecular flexibility index (Phi) is 12.6. The van der Waals surface area contributed by atoms with E-state index in [1.165, 1.54) is 0 Å². The first-order valence-electron chi connectivity index (χ1n) is 17.6. The van der Waals surface area contributed by atoms with Gasteiger partial charge in [0, 0.05) is 38.9 Å². The fraction of sp³-hybridized carbons (Fsp3) is 0.622. The number of piperidine rings is 1. The zero-order chi connectivity index (χ0) is 32.2. The topological polar surface area (TPSA) is 113 Å². The average Bonchev–Trinajstić information content (AvgIpc) is 3.57. The summed E-state index contributed by atoms with van der Waals surface area (Å²) >= 11 is 0. The largest absolute Gasteiger partial charge is 0.381 e. The molecular weight excluding hydrogens is 578 g/mol. The molecule has 0 radical (unpaired) electrons. The van der Waals surface area contributed by atoms with Crippen LogP contribution in [0.3, 0.4) is 0 Å². The smallest absolute Gasteiger partial charge is 0.270 e. The van der Waals surface area contributed by atoms with Crippen LogP contribution >= 0.6 is 0 Å². The molecule has 0 bridgehead atoms. The fourth-order valence-electron chi connectivity index (χ4n) is 7.15. The molecule has 1 atom stereocenters. The zero-order valence-electron chi connectivity index (χ0n) is 27.6. The number of rotatable bonds is 14. The van der Waals surface area contributed by atoms with Crippen molar-refractivity contribution in [3.63, 3.8) is 0 Å². The first-order chi connectivity index (χ1) is 22.4. The maximum absolute atomic E-state index is 14.0. The van der Waals surface area contributed by atoms with Gasteiger partial charge in [-0.25, -0.2) is 0 Å². The van der Waals surface area contributed by atoms with Crippen molar-refractivity contribution in [1.82, 2.24) is 25.8 Å². The van der Waals surface area contributed by atoms with Gasteiger partial charge in [0.15, 0.2) is 0 Å². The molecule has 46 heavy (non-hydrogen) atoms. The summed E-state index contributed by atoms with van der Waals surface area (Å²) < 4.78 is 5.52. The number of amides is 3. The standard InChI is InChI=1S/C37H53N5O4/c1-2-3-9-29-12-13-32(38-25-29)35(44)41-37(18-7-8-19-37)36(45)40-33(24-28-10-5-4-6-11-28)34(43)39-26-30-14-20-42(21-15-30)27-31-16-22-46-23-17-31/h4-6,10-13,25,30-31,33H,2-3,7-9,14-24,26-27H2,1H3,(H,39,43)(H,40,45)(H,41,44)/t33-/m1/s1. The van der Waals surface area contributed by atoms with Gasteiger partial charge in [0.2, 0.25) is 11.8 Å². The highest BCUT2D eigenvalue weighted by atomic mass is 16.5. The van der Waals surface area contributed by atoms with E-state index in [1.54, 1.807) is 12.3 Å². The van der Waals surface area contributed by atoms with Crippen molar-refractivity contribution in [2.75, 3.05) is 39.4 Å². The lowest BCUT2D eigenvalue weighted by atomic mass is 9.93. The van der Waals surface area contributed by atoms with Crippen molar-refractivity contribution in [1.29, 1.82) is 0 Å². The number of pyridine rings is 1. The molecule has 0 unspecified atom stereocenters. The van der Waals surface area contributed by atoms with E-state index < -0.39 is 11.6 Å². The lowest BCUT2D eigenvalue weighted by Gasteiger charge is -2.35. The number of nitrogens with one attached hydrogen (secondary N) is 3. The highest BCUT2D eigenvalue weighted by Crippen LogP contribution is 2.31. The Morgan fingerprint density at radius 2 is 1.70 bits per heavy atom. The van der Waals surface area contributed by atoms with Crippen LogP contribution in [0.2, 0.25) is 0 Å². The molecule has 3 aliphatic rings. The Hall–Kier alpha value is -3.30. The SMILES string of the molecule is CCCCc1ccc(C(=O)NC2(C(=O)N[C@H](Cc3ccccc3)C(=O)NCC3CCN(CC4CCOCC4)CC3)CCCC2)nc1. The second kappa shape index (κ2) is 17.0. The lowest BCUT2D eigenvalue weighted by molar-refractivity contribution is -0.132. The van der Waals surface area contributed by atoms with Gasteiger partial charge in [-0.2, -0.15) is 0 Å². The number of aryl methyl sites for hydroxylation is 1. The van der Waals surface area contributed by atoms with E-state index in [1.807, 2.05) is 36.4 Å². The highest BCUT2D eigenvalue weighted by Gasteiger charge is 2.44. The second-order valence-corrected chi connectivity index (χ2v) is 13.7. The number of aromatic nitrogens is 1. The van der Waals surface area contributed by atoms with Gasteiger partial charge in [0.1, 0.15) is 17.3 Å². The molecule has 3 N–H and O–H groups in total. The van der Waals surface area contributed by atoms with Gasteiger partial charge in [-0.1, -0.05) is 62.6 Å². The van der Waals surface area contributed by atoms with Crippen LogP contribution in [0.15, 0.2) is 48.7 Å². The van der Waals surface area contributed by atoms with Crippen LogP contribution in [0.25, 0.3) is 0 Å². The maximum Gasteiger partial charge on any atom is 0.270 e. The third-order valence-electron chi connectivity index (χ3n) is 10.2. The summed E-state index contributed by atoms with van der Waals surface area (Å²) in [5.74, 6) is 0.323. The zero-order valence-corrected chi connectivity index (χ0v) is 27.6. The second-order valence-electron chi connectivity index (χ2n) is 13.7. The Bertz CT molecular complexity index is 1250. The van der Waals surface area contributed by atoms with Crippen LogP contribution < -0.4 is 16.0 Å². The molecule has 1 aliphatic carbocycles. The molecule has 0 spiro atoms. The Morgan fingerprint density at radius 1 is 0.957 bits per heavy atom. The minimum absolute atomic E-state index is 0.175. The van der Waals surface area contributed by atoms with Gasteiger partial charge >= 0.3 is 0 Å². The molecule has 9 heteroatoms. The third-order valence-corrected chi connectivity index (χ3v) is 10.2. The summed E-state index contributed by atoms with van der Waals surface area (Å²) in [7, 11) is 0. The quantitative estimate of drug-likeness (QED) is 0.284. The normalized spacial score (nSPS) is 19.8. The number of nitrogens with zero attached hydrogens (tertiary/aromatic N) is 2. The van der Waals surface area contributed by atoms with Gasteiger partial charge in [0.05, 0.1) is 0 Å². The average molecular weight is 632 g/mol. The Balaban J connectivity index is 1.18. The van der Waals surface area contributed by atoms with Gasteiger partial charge in [-0.15, -0.1) is 0 Å². The van der Waals surface area contributed by atoms with Crippen LogP contribution in [0.5, 0.6) is 0 Å². The number of ether oxygens (including phenoxy) is 1. The molecule has 3 fully saturated rings. The summed E-state index contributed by atoms with van der Waals surface area (Å²) in [6.07, 6.45) is 12.4. The van der Waals surface area contributed by atoms with Crippen LogP contribution in [0, 0.1) is 11.8 Å². The summed E-state index contributed by atoms with van der Waals surface area (Å²) in [5, 5.41) is 9.29. The molecule has 2 saturated heterocycles. The van der Waals surface area contributed by atoms with Crippen LogP contribution in [0.4, 0.5) is 0 Å². The molecule has 1 aromatic heterocycles. The van der Waals surface area contributed by atoms with Crippen LogP contribution in [0.1, 0.15) is 92.7 Å². The molecule has 3 heterocycles. The molecule has 2 aromatic rings. The predicted octanol–water partition coefficient (Wildman–Crippen LogP) is 4.45. The number of hydrogen-bond donors (Lipinski definition) is 3. The predicted molar refractivity (Wildman–Crippen MR) is 179 cm³/mol. The Labute approximate surface area is 274 Å². The number of hydrogen-bond acceptors (Lipinski definition) is 6. The van der Waals surface area contributed by atoms with E-state index in [0.29, 0.717) is 37.4 Å². The van der Waals surface area contributed by atoms with E-state index in [9.17, 15) is 14.4 Å². The van der Waals surface area contributed by atoms with Crippen LogP contribution in [-0.4, -0.2) is 78.6 Å². The van der Waals surface area contributed by atoms with Gasteiger partial charge in [-0.3, -0.25) is 19.4 Å². The lowest BCUT2D eigenvalue weighted by Crippen LogP contribution is -2.61.